The van der Waals surface area contributed by atoms with Gasteiger partial charge in [-0.1, -0.05) is 0 Å². The van der Waals surface area contributed by atoms with Crippen molar-refractivity contribution < 1.29 is 14.0 Å². The summed E-state index contributed by atoms with van der Waals surface area (Å²) in [6, 6.07) is 6.56. The lowest BCUT2D eigenvalue weighted by molar-refractivity contribution is 0.220. The maximum absolute atomic E-state index is 12.9. The number of anilines is 2. The maximum Gasteiger partial charge on any atom is 0.323 e. The van der Waals surface area contributed by atoms with E-state index < -0.39 is 0 Å². The number of hydrogen-bond donors (Lipinski definition) is 3. The highest BCUT2D eigenvalue weighted by Gasteiger charge is 2.27. The number of likely N-dealkylation sites (tertiary alicyclic amines) is 1. The predicted molar refractivity (Wildman–Crippen MR) is 95.5 cm³/mol. The van der Waals surface area contributed by atoms with Crippen LogP contribution in [0.15, 0.2) is 30.3 Å². The SMILES string of the molecule is Cc1cc(NC(=O)N2CCC(NC(=O)Nc3ccc(F)cc3)C2)n(C)n1. The predicted octanol–water partition coefficient (Wildman–Crippen LogP) is 2.30. The molecule has 26 heavy (non-hydrogen) atoms. The van der Waals surface area contributed by atoms with Gasteiger partial charge in [-0.25, -0.2) is 14.0 Å². The number of amides is 4. The highest BCUT2D eigenvalue weighted by atomic mass is 19.1. The summed E-state index contributed by atoms with van der Waals surface area (Å²) >= 11 is 0. The van der Waals surface area contributed by atoms with Crippen LogP contribution in [0.4, 0.5) is 25.5 Å². The van der Waals surface area contributed by atoms with E-state index in [0.29, 0.717) is 31.0 Å². The van der Waals surface area contributed by atoms with Crippen LogP contribution in [0.2, 0.25) is 0 Å². The summed E-state index contributed by atoms with van der Waals surface area (Å²) in [5, 5.41) is 12.5. The molecule has 8 nitrogen and oxygen atoms in total. The number of carbonyl (C=O) groups excluding carboxylic acids is 2. The Balaban J connectivity index is 1.48. The summed E-state index contributed by atoms with van der Waals surface area (Å²) in [5.74, 6) is 0.259. The maximum atomic E-state index is 12.9. The minimum Gasteiger partial charge on any atom is -0.333 e. The van der Waals surface area contributed by atoms with E-state index in [1.165, 1.54) is 24.3 Å². The number of halogens is 1. The van der Waals surface area contributed by atoms with Crippen molar-refractivity contribution in [2.45, 2.75) is 19.4 Å². The average molecular weight is 360 g/mol. The van der Waals surface area contributed by atoms with Crippen molar-refractivity contribution in [1.29, 1.82) is 0 Å². The van der Waals surface area contributed by atoms with E-state index >= 15 is 0 Å². The molecule has 1 unspecified atom stereocenters. The summed E-state index contributed by atoms with van der Waals surface area (Å²) in [5.41, 5.74) is 1.32. The highest BCUT2D eigenvalue weighted by Crippen LogP contribution is 2.14. The monoisotopic (exact) mass is 360 g/mol. The summed E-state index contributed by atoms with van der Waals surface area (Å²) < 4.78 is 14.5. The third-order valence-corrected chi connectivity index (χ3v) is 4.15. The lowest BCUT2D eigenvalue weighted by Gasteiger charge is -2.18. The Kier molecular flexibility index (Phi) is 5.06. The molecule has 1 aliphatic rings. The van der Waals surface area contributed by atoms with Crippen LogP contribution in [0, 0.1) is 12.7 Å². The molecule has 0 aliphatic carbocycles. The first-order chi connectivity index (χ1) is 12.4. The van der Waals surface area contributed by atoms with Gasteiger partial charge >= 0.3 is 12.1 Å². The van der Waals surface area contributed by atoms with Crippen LogP contribution in [0.1, 0.15) is 12.1 Å². The van der Waals surface area contributed by atoms with Crippen LogP contribution >= 0.6 is 0 Å². The van der Waals surface area contributed by atoms with Crippen LogP contribution in [0.5, 0.6) is 0 Å². The Bertz CT molecular complexity index is 804. The van der Waals surface area contributed by atoms with E-state index in [0.717, 1.165) is 5.69 Å². The molecule has 0 spiro atoms. The van der Waals surface area contributed by atoms with E-state index in [4.69, 9.17) is 0 Å². The first kappa shape index (κ1) is 17.7. The van der Waals surface area contributed by atoms with E-state index in [1.807, 2.05) is 6.92 Å². The second-order valence-corrected chi connectivity index (χ2v) is 6.26. The minimum atomic E-state index is -0.383. The molecule has 3 N–H and O–H groups in total. The van der Waals surface area contributed by atoms with Gasteiger partial charge in [-0.2, -0.15) is 5.10 Å². The molecule has 3 rings (SSSR count). The number of rotatable bonds is 3. The number of nitrogens with one attached hydrogen (secondary N) is 3. The van der Waals surface area contributed by atoms with Crippen molar-refractivity contribution in [3.8, 4) is 0 Å². The second-order valence-electron chi connectivity index (χ2n) is 6.26. The number of carbonyl (C=O) groups is 2. The molecule has 2 heterocycles. The molecule has 1 aliphatic heterocycles. The molecule has 1 saturated heterocycles. The van der Waals surface area contributed by atoms with Gasteiger partial charge in [0.25, 0.3) is 0 Å². The van der Waals surface area contributed by atoms with Gasteiger partial charge in [-0.3, -0.25) is 10.00 Å². The smallest absolute Gasteiger partial charge is 0.323 e. The molecule has 1 atom stereocenters. The summed E-state index contributed by atoms with van der Waals surface area (Å²) in [6.45, 7) is 2.81. The number of nitrogens with zero attached hydrogens (tertiary/aromatic N) is 3. The minimum absolute atomic E-state index is 0.144. The molecule has 1 aromatic heterocycles. The van der Waals surface area contributed by atoms with Crippen LogP contribution < -0.4 is 16.0 Å². The highest BCUT2D eigenvalue weighted by molar-refractivity contribution is 5.90. The molecular formula is C17H21FN6O2. The van der Waals surface area contributed by atoms with Crippen LogP contribution in [0.25, 0.3) is 0 Å². The van der Waals surface area contributed by atoms with Gasteiger partial charge in [0.05, 0.1) is 5.69 Å². The van der Waals surface area contributed by atoms with Gasteiger partial charge in [0.15, 0.2) is 0 Å². The number of aryl methyl sites for hydroxylation is 2. The van der Waals surface area contributed by atoms with Crippen molar-refractivity contribution in [3.05, 3.63) is 41.8 Å². The summed E-state index contributed by atoms with van der Waals surface area (Å²) in [6.07, 6.45) is 0.661. The Morgan fingerprint density at radius 3 is 2.62 bits per heavy atom. The molecule has 0 radical (unpaired) electrons. The molecular weight excluding hydrogens is 339 g/mol. The van der Waals surface area contributed by atoms with Crippen LogP contribution in [-0.4, -0.2) is 45.9 Å². The quantitative estimate of drug-likeness (QED) is 0.784. The largest absolute Gasteiger partial charge is 0.333 e. The molecule has 0 bridgehead atoms. The van der Waals surface area contributed by atoms with E-state index in [1.54, 1.807) is 22.7 Å². The number of aromatic nitrogens is 2. The normalized spacial score (nSPS) is 16.4. The standard InChI is InChI=1S/C17H21FN6O2/c1-11-9-15(23(2)22-11)21-17(26)24-8-7-14(10-24)20-16(25)19-13-5-3-12(18)4-6-13/h3-6,9,14H,7-8,10H2,1-2H3,(H,21,26)(H2,19,20,25). The average Bonchev–Trinajstić information content (AvgIpc) is 3.16. The van der Waals surface area contributed by atoms with Gasteiger partial charge in [0, 0.05) is 37.9 Å². The van der Waals surface area contributed by atoms with E-state index in [-0.39, 0.29) is 23.9 Å². The Morgan fingerprint density at radius 1 is 1.23 bits per heavy atom. The summed E-state index contributed by atoms with van der Waals surface area (Å²) in [7, 11) is 1.76. The van der Waals surface area contributed by atoms with Crippen LogP contribution in [-0.2, 0) is 7.05 Å². The number of urea groups is 2. The molecule has 2 aromatic rings. The zero-order chi connectivity index (χ0) is 18.7. The number of hydrogen-bond acceptors (Lipinski definition) is 3. The van der Waals surface area contributed by atoms with Crippen LogP contribution in [0.3, 0.4) is 0 Å². The fourth-order valence-corrected chi connectivity index (χ4v) is 2.86. The Morgan fingerprint density at radius 2 is 1.96 bits per heavy atom. The fraction of sp³-hybridized carbons (Fsp3) is 0.353. The Hall–Kier alpha value is -3.10. The van der Waals surface area contributed by atoms with Gasteiger partial charge in [0.2, 0.25) is 0 Å². The first-order valence-corrected chi connectivity index (χ1v) is 8.30. The van der Waals surface area contributed by atoms with Crippen molar-refractivity contribution in [3.63, 3.8) is 0 Å². The molecule has 0 saturated carbocycles. The third kappa shape index (κ3) is 4.29. The van der Waals surface area contributed by atoms with Crippen molar-refractivity contribution in [2.75, 3.05) is 23.7 Å². The zero-order valence-electron chi connectivity index (χ0n) is 14.6. The van der Waals surface area contributed by atoms with Gasteiger partial charge in [-0.15, -0.1) is 0 Å². The van der Waals surface area contributed by atoms with Crippen molar-refractivity contribution in [1.82, 2.24) is 20.0 Å². The second kappa shape index (κ2) is 7.42. The summed E-state index contributed by atoms with van der Waals surface area (Å²) in [4.78, 5) is 26.0. The topological polar surface area (TPSA) is 91.3 Å². The zero-order valence-corrected chi connectivity index (χ0v) is 14.6. The third-order valence-electron chi connectivity index (χ3n) is 4.15. The lowest BCUT2D eigenvalue weighted by atomic mass is 10.3. The lowest BCUT2D eigenvalue weighted by Crippen LogP contribution is -2.41. The fourth-order valence-electron chi connectivity index (χ4n) is 2.86. The van der Waals surface area contributed by atoms with Crippen molar-refractivity contribution >= 4 is 23.6 Å². The molecule has 1 aromatic carbocycles. The van der Waals surface area contributed by atoms with Gasteiger partial charge in [-0.05, 0) is 37.6 Å². The van der Waals surface area contributed by atoms with E-state index in [2.05, 4.69) is 21.0 Å². The van der Waals surface area contributed by atoms with Gasteiger partial charge < -0.3 is 15.5 Å². The molecule has 4 amide bonds. The van der Waals surface area contributed by atoms with Gasteiger partial charge in [0.1, 0.15) is 11.6 Å². The first-order valence-electron chi connectivity index (χ1n) is 8.30. The van der Waals surface area contributed by atoms with Crippen molar-refractivity contribution in [2.24, 2.45) is 7.05 Å². The molecule has 9 heteroatoms. The molecule has 138 valence electrons. The Labute approximate surface area is 150 Å². The molecule has 1 fully saturated rings. The van der Waals surface area contributed by atoms with E-state index in [9.17, 15) is 14.0 Å². The number of benzene rings is 1.